The van der Waals surface area contributed by atoms with Gasteiger partial charge in [-0.3, -0.25) is 4.79 Å². The lowest BCUT2D eigenvalue weighted by molar-refractivity contribution is 0.0941. The van der Waals surface area contributed by atoms with Gasteiger partial charge in [-0.15, -0.1) is 0 Å². The van der Waals surface area contributed by atoms with Gasteiger partial charge < -0.3 is 15.5 Å². The molecule has 4 rings (SSSR count). The molecule has 2 aromatic heterocycles. The van der Waals surface area contributed by atoms with Crippen LogP contribution in [0.15, 0.2) is 24.5 Å². The van der Waals surface area contributed by atoms with Gasteiger partial charge in [0, 0.05) is 37.6 Å². The molecule has 0 saturated carbocycles. The second-order valence-electron chi connectivity index (χ2n) is 6.13. The van der Waals surface area contributed by atoms with E-state index in [0.717, 1.165) is 38.1 Å². The van der Waals surface area contributed by atoms with Crippen LogP contribution in [0.25, 0.3) is 5.52 Å². The van der Waals surface area contributed by atoms with Gasteiger partial charge >= 0.3 is 0 Å². The van der Waals surface area contributed by atoms with Gasteiger partial charge in [-0.25, -0.2) is 4.52 Å². The molecule has 6 heteroatoms. The van der Waals surface area contributed by atoms with Gasteiger partial charge in [-0.1, -0.05) is 0 Å². The van der Waals surface area contributed by atoms with Crippen molar-refractivity contribution in [1.82, 2.24) is 20.2 Å². The molecule has 2 fully saturated rings. The molecule has 116 valence electrons. The van der Waals surface area contributed by atoms with E-state index in [1.165, 1.54) is 18.5 Å². The molecule has 6 nitrogen and oxygen atoms in total. The highest BCUT2D eigenvalue weighted by Gasteiger charge is 2.21. The summed E-state index contributed by atoms with van der Waals surface area (Å²) in [4.78, 5) is 14.9. The molecule has 0 aliphatic carbocycles. The number of anilines is 1. The smallest absolute Gasteiger partial charge is 0.255 e. The number of hydrogen-bond acceptors (Lipinski definition) is 4. The number of aromatic nitrogens is 2. The number of carbonyl (C=O) groups is 1. The highest BCUT2D eigenvalue weighted by molar-refractivity contribution is 6.01. The van der Waals surface area contributed by atoms with Crippen LogP contribution in [0, 0.1) is 0 Å². The Labute approximate surface area is 129 Å². The summed E-state index contributed by atoms with van der Waals surface area (Å²) in [5, 5.41) is 10.7. The second kappa shape index (κ2) is 5.61. The SMILES string of the molecule is O=C(NC1CCNC1)c1cnn2ccc(N3CCCC3)cc12. The maximum Gasteiger partial charge on any atom is 0.255 e. The molecular formula is C16H21N5O. The summed E-state index contributed by atoms with van der Waals surface area (Å²) in [5.74, 6) is -0.0257. The van der Waals surface area contributed by atoms with Crippen molar-refractivity contribution in [3.63, 3.8) is 0 Å². The lowest BCUT2D eigenvalue weighted by Gasteiger charge is -2.17. The molecule has 2 aromatic rings. The Balaban J connectivity index is 1.62. The molecule has 4 heterocycles. The monoisotopic (exact) mass is 299 g/mol. The molecule has 2 aliphatic rings. The molecule has 1 unspecified atom stereocenters. The third kappa shape index (κ3) is 2.43. The van der Waals surface area contributed by atoms with Gasteiger partial charge in [-0.05, 0) is 37.9 Å². The minimum Gasteiger partial charge on any atom is -0.371 e. The van der Waals surface area contributed by atoms with Crippen molar-refractivity contribution in [2.24, 2.45) is 0 Å². The Bertz CT molecular complexity index is 683. The summed E-state index contributed by atoms with van der Waals surface area (Å²) in [6, 6.07) is 4.39. The van der Waals surface area contributed by atoms with Crippen LogP contribution in [-0.4, -0.2) is 47.7 Å². The van der Waals surface area contributed by atoms with Crippen LogP contribution < -0.4 is 15.5 Å². The molecular weight excluding hydrogens is 278 g/mol. The molecule has 0 aromatic carbocycles. The quantitative estimate of drug-likeness (QED) is 0.888. The van der Waals surface area contributed by atoms with Crippen LogP contribution in [0.4, 0.5) is 5.69 Å². The number of nitrogens with zero attached hydrogens (tertiary/aromatic N) is 3. The third-order valence-corrected chi connectivity index (χ3v) is 4.62. The standard InChI is InChI=1S/C16H21N5O/c22-16(19-12-3-5-17-10-12)14-11-18-21-8-4-13(9-15(14)21)20-6-1-2-7-20/h4,8-9,11-12,17H,1-3,5-7,10H2,(H,19,22). The molecule has 0 spiro atoms. The van der Waals surface area contributed by atoms with Gasteiger partial charge in [0.15, 0.2) is 0 Å². The van der Waals surface area contributed by atoms with Crippen molar-refractivity contribution < 1.29 is 4.79 Å². The molecule has 0 radical (unpaired) electrons. The van der Waals surface area contributed by atoms with Gasteiger partial charge in [0.05, 0.1) is 17.3 Å². The van der Waals surface area contributed by atoms with Crippen LogP contribution in [0.3, 0.4) is 0 Å². The average Bonchev–Trinajstić information content (AvgIpc) is 3.27. The third-order valence-electron chi connectivity index (χ3n) is 4.62. The first kappa shape index (κ1) is 13.6. The van der Waals surface area contributed by atoms with E-state index in [1.807, 2.05) is 6.20 Å². The zero-order valence-electron chi connectivity index (χ0n) is 12.6. The molecule has 1 amide bonds. The first-order valence-corrected chi connectivity index (χ1v) is 8.05. The average molecular weight is 299 g/mol. The summed E-state index contributed by atoms with van der Waals surface area (Å²) < 4.78 is 1.78. The summed E-state index contributed by atoms with van der Waals surface area (Å²) in [6.45, 7) is 4.02. The van der Waals surface area contributed by atoms with Crippen LogP contribution in [0.5, 0.6) is 0 Å². The van der Waals surface area contributed by atoms with E-state index in [4.69, 9.17) is 0 Å². The van der Waals surface area contributed by atoms with Crippen LogP contribution in [0.2, 0.25) is 0 Å². The first-order chi connectivity index (χ1) is 10.8. The lowest BCUT2D eigenvalue weighted by atomic mass is 10.2. The zero-order valence-corrected chi connectivity index (χ0v) is 12.6. The van der Waals surface area contributed by atoms with Crippen molar-refractivity contribution in [2.45, 2.75) is 25.3 Å². The number of pyridine rings is 1. The Morgan fingerprint density at radius 1 is 1.36 bits per heavy atom. The number of fused-ring (bicyclic) bond motifs is 1. The Kier molecular flexibility index (Phi) is 3.46. The van der Waals surface area contributed by atoms with E-state index in [1.54, 1.807) is 10.7 Å². The minimum atomic E-state index is -0.0257. The lowest BCUT2D eigenvalue weighted by Crippen LogP contribution is -2.36. The molecule has 2 saturated heterocycles. The van der Waals surface area contributed by atoms with Gasteiger partial charge in [-0.2, -0.15) is 5.10 Å². The predicted molar refractivity (Wildman–Crippen MR) is 85.4 cm³/mol. The van der Waals surface area contributed by atoms with Crippen LogP contribution in [-0.2, 0) is 0 Å². The van der Waals surface area contributed by atoms with Crippen molar-refractivity contribution in [3.8, 4) is 0 Å². The predicted octanol–water partition coefficient (Wildman–Crippen LogP) is 1.03. The van der Waals surface area contributed by atoms with E-state index in [-0.39, 0.29) is 11.9 Å². The molecule has 2 N–H and O–H groups in total. The van der Waals surface area contributed by atoms with Crippen molar-refractivity contribution in [3.05, 3.63) is 30.1 Å². The fraction of sp³-hybridized carbons (Fsp3) is 0.500. The van der Waals surface area contributed by atoms with Gasteiger partial charge in [0.25, 0.3) is 5.91 Å². The number of rotatable bonds is 3. The fourth-order valence-electron chi connectivity index (χ4n) is 3.36. The first-order valence-electron chi connectivity index (χ1n) is 8.05. The van der Waals surface area contributed by atoms with E-state index >= 15 is 0 Å². The Hall–Kier alpha value is -2.08. The molecule has 0 bridgehead atoms. The zero-order chi connectivity index (χ0) is 14.9. The van der Waals surface area contributed by atoms with Gasteiger partial charge in [0.1, 0.15) is 0 Å². The summed E-state index contributed by atoms with van der Waals surface area (Å²) in [5.41, 5.74) is 2.72. The van der Waals surface area contributed by atoms with E-state index < -0.39 is 0 Å². The minimum absolute atomic E-state index is 0.0257. The van der Waals surface area contributed by atoms with Gasteiger partial charge in [0.2, 0.25) is 0 Å². The molecule has 2 aliphatic heterocycles. The van der Waals surface area contributed by atoms with Crippen molar-refractivity contribution >= 4 is 17.1 Å². The fourth-order valence-corrected chi connectivity index (χ4v) is 3.36. The summed E-state index contributed by atoms with van der Waals surface area (Å²) in [6.07, 6.45) is 7.08. The number of hydrogen-bond donors (Lipinski definition) is 2. The normalized spacial score (nSPS) is 21.6. The molecule has 22 heavy (non-hydrogen) atoms. The second-order valence-corrected chi connectivity index (χ2v) is 6.13. The van der Waals surface area contributed by atoms with Crippen molar-refractivity contribution in [1.29, 1.82) is 0 Å². The van der Waals surface area contributed by atoms with E-state index in [9.17, 15) is 4.79 Å². The topological polar surface area (TPSA) is 61.7 Å². The highest BCUT2D eigenvalue weighted by Crippen LogP contribution is 2.23. The van der Waals surface area contributed by atoms with Crippen LogP contribution >= 0.6 is 0 Å². The maximum atomic E-state index is 12.5. The summed E-state index contributed by atoms with van der Waals surface area (Å²) in [7, 11) is 0. The largest absolute Gasteiger partial charge is 0.371 e. The van der Waals surface area contributed by atoms with Crippen LogP contribution in [0.1, 0.15) is 29.6 Å². The van der Waals surface area contributed by atoms with E-state index in [2.05, 4.69) is 32.8 Å². The maximum absolute atomic E-state index is 12.5. The Morgan fingerprint density at radius 3 is 3.00 bits per heavy atom. The number of amides is 1. The Morgan fingerprint density at radius 2 is 2.23 bits per heavy atom. The summed E-state index contributed by atoms with van der Waals surface area (Å²) >= 11 is 0. The van der Waals surface area contributed by atoms with Crippen molar-refractivity contribution in [2.75, 3.05) is 31.1 Å². The number of carbonyl (C=O) groups excluding carboxylic acids is 1. The number of nitrogens with one attached hydrogen (secondary N) is 2. The highest BCUT2D eigenvalue weighted by atomic mass is 16.1. The van der Waals surface area contributed by atoms with E-state index in [0.29, 0.717) is 5.56 Å². The molecule has 1 atom stereocenters.